The molecular formula is C16H21N3. The summed E-state index contributed by atoms with van der Waals surface area (Å²) in [4.78, 5) is 0. The van der Waals surface area contributed by atoms with Crippen molar-refractivity contribution in [2.24, 2.45) is 7.05 Å². The molecule has 0 amide bonds. The van der Waals surface area contributed by atoms with Gasteiger partial charge in [0.15, 0.2) is 0 Å². The summed E-state index contributed by atoms with van der Waals surface area (Å²) in [5.41, 5.74) is 6.39. The second-order valence-electron chi connectivity index (χ2n) is 5.50. The maximum absolute atomic E-state index is 4.45. The molecule has 2 aromatic rings. The smallest absolute Gasteiger partial charge is 0.0827 e. The molecule has 0 atom stereocenters. The van der Waals surface area contributed by atoms with E-state index >= 15 is 0 Å². The van der Waals surface area contributed by atoms with Gasteiger partial charge in [-0.05, 0) is 43.7 Å². The van der Waals surface area contributed by atoms with Crippen LogP contribution in [0.3, 0.4) is 0 Å². The van der Waals surface area contributed by atoms with Crippen molar-refractivity contribution in [1.82, 2.24) is 9.78 Å². The molecule has 3 rings (SSSR count). The van der Waals surface area contributed by atoms with E-state index in [-0.39, 0.29) is 0 Å². The Balaban J connectivity index is 1.79. The van der Waals surface area contributed by atoms with Gasteiger partial charge in [-0.3, -0.25) is 4.68 Å². The number of rotatable bonds is 4. The predicted octanol–water partition coefficient (Wildman–Crippen LogP) is 3.53. The van der Waals surface area contributed by atoms with E-state index in [4.69, 9.17) is 0 Å². The second kappa shape index (κ2) is 4.72. The molecule has 3 heteroatoms. The van der Waals surface area contributed by atoms with Gasteiger partial charge < -0.3 is 5.32 Å². The standard InChI is InChI=1S/C16H21N3/c1-11-16(12(2)19(3)18-11)17-10-14-6-4-5-7-15(14)13-8-9-13/h4-7,13,17H,8-10H2,1-3H3. The Kier molecular flexibility index (Phi) is 3.05. The number of benzene rings is 1. The zero-order valence-electron chi connectivity index (χ0n) is 11.9. The Morgan fingerprint density at radius 2 is 2.00 bits per heavy atom. The number of nitrogens with zero attached hydrogens (tertiary/aromatic N) is 2. The molecule has 0 radical (unpaired) electrons. The molecule has 100 valence electrons. The summed E-state index contributed by atoms with van der Waals surface area (Å²) < 4.78 is 1.93. The van der Waals surface area contributed by atoms with Gasteiger partial charge in [0, 0.05) is 13.6 Å². The summed E-state index contributed by atoms with van der Waals surface area (Å²) in [5, 5.41) is 8.00. The van der Waals surface area contributed by atoms with Crippen molar-refractivity contribution in [3.8, 4) is 0 Å². The maximum Gasteiger partial charge on any atom is 0.0827 e. The van der Waals surface area contributed by atoms with Gasteiger partial charge in [-0.15, -0.1) is 0 Å². The molecule has 0 aliphatic heterocycles. The Labute approximate surface area is 114 Å². The highest BCUT2D eigenvalue weighted by atomic mass is 15.3. The molecule has 1 heterocycles. The molecule has 1 saturated carbocycles. The van der Waals surface area contributed by atoms with E-state index in [0.717, 1.165) is 18.2 Å². The zero-order chi connectivity index (χ0) is 13.4. The third-order valence-corrected chi connectivity index (χ3v) is 4.04. The van der Waals surface area contributed by atoms with Gasteiger partial charge in [0.2, 0.25) is 0 Å². The van der Waals surface area contributed by atoms with Crippen LogP contribution in [-0.4, -0.2) is 9.78 Å². The fraction of sp³-hybridized carbons (Fsp3) is 0.438. The van der Waals surface area contributed by atoms with Crippen LogP contribution in [0.2, 0.25) is 0 Å². The summed E-state index contributed by atoms with van der Waals surface area (Å²) in [5.74, 6) is 0.800. The fourth-order valence-corrected chi connectivity index (χ4v) is 2.70. The monoisotopic (exact) mass is 255 g/mol. The average molecular weight is 255 g/mol. The van der Waals surface area contributed by atoms with Crippen LogP contribution >= 0.6 is 0 Å². The Morgan fingerprint density at radius 1 is 1.26 bits per heavy atom. The molecule has 1 aromatic carbocycles. The number of hydrogen-bond acceptors (Lipinski definition) is 2. The third-order valence-electron chi connectivity index (χ3n) is 4.04. The topological polar surface area (TPSA) is 29.9 Å². The molecule has 3 nitrogen and oxygen atoms in total. The summed E-state index contributed by atoms with van der Waals surface area (Å²) in [7, 11) is 1.99. The van der Waals surface area contributed by atoms with Gasteiger partial charge in [-0.1, -0.05) is 24.3 Å². The minimum absolute atomic E-state index is 0.800. The number of hydrogen-bond donors (Lipinski definition) is 1. The Hall–Kier alpha value is -1.77. The third kappa shape index (κ3) is 2.37. The lowest BCUT2D eigenvalue weighted by Gasteiger charge is -2.11. The van der Waals surface area contributed by atoms with Crippen LogP contribution < -0.4 is 5.32 Å². The van der Waals surface area contributed by atoms with Crippen molar-refractivity contribution in [1.29, 1.82) is 0 Å². The van der Waals surface area contributed by atoms with Gasteiger partial charge in [-0.2, -0.15) is 5.10 Å². The largest absolute Gasteiger partial charge is 0.378 e. The van der Waals surface area contributed by atoms with Crippen LogP contribution in [0.25, 0.3) is 0 Å². The quantitative estimate of drug-likeness (QED) is 0.905. The van der Waals surface area contributed by atoms with Crippen LogP contribution in [0.1, 0.15) is 41.3 Å². The second-order valence-corrected chi connectivity index (χ2v) is 5.50. The van der Waals surface area contributed by atoms with Gasteiger partial charge in [0.05, 0.1) is 17.1 Å². The van der Waals surface area contributed by atoms with E-state index in [1.54, 1.807) is 0 Å². The van der Waals surface area contributed by atoms with Gasteiger partial charge in [0.1, 0.15) is 0 Å². The normalized spacial score (nSPS) is 14.7. The minimum atomic E-state index is 0.800. The zero-order valence-corrected chi connectivity index (χ0v) is 11.9. The van der Waals surface area contributed by atoms with E-state index < -0.39 is 0 Å². The first kappa shape index (κ1) is 12.3. The van der Waals surface area contributed by atoms with Crippen LogP contribution in [-0.2, 0) is 13.6 Å². The van der Waals surface area contributed by atoms with Gasteiger partial charge in [0.25, 0.3) is 0 Å². The molecule has 1 aromatic heterocycles. The van der Waals surface area contributed by atoms with Gasteiger partial charge >= 0.3 is 0 Å². The number of anilines is 1. The molecule has 1 fully saturated rings. The minimum Gasteiger partial charge on any atom is -0.378 e. The van der Waals surface area contributed by atoms with E-state index in [1.807, 2.05) is 11.7 Å². The number of nitrogens with one attached hydrogen (secondary N) is 1. The predicted molar refractivity (Wildman–Crippen MR) is 78.4 cm³/mol. The Morgan fingerprint density at radius 3 is 2.63 bits per heavy atom. The lowest BCUT2D eigenvalue weighted by atomic mass is 10.0. The molecule has 19 heavy (non-hydrogen) atoms. The molecule has 1 N–H and O–H groups in total. The molecule has 0 unspecified atom stereocenters. The molecular weight excluding hydrogens is 234 g/mol. The molecule has 0 saturated heterocycles. The van der Waals surface area contributed by atoms with Crippen molar-refractivity contribution < 1.29 is 0 Å². The van der Waals surface area contributed by atoms with Crippen molar-refractivity contribution in [2.45, 2.75) is 39.2 Å². The number of aromatic nitrogens is 2. The Bertz CT molecular complexity index is 594. The van der Waals surface area contributed by atoms with E-state index in [0.29, 0.717) is 0 Å². The van der Waals surface area contributed by atoms with E-state index in [2.05, 4.69) is 48.5 Å². The van der Waals surface area contributed by atoms with Crippen LogP contribution in [0.5, 0.6) is 0 Å². The first-order valence-corrected chi connectivity index (χ1v) is 6.98. The lowest BCUT2D eigenvalue weighted by Crippen LogP contribution is -2.04. The summed E-state index contributed by atoms with van der Waals surface area (Å²) in [6.45, 7) is 5.05. The highest BCUT2D eigenvalue weighted by molar-refractivity contribution is 5.52. The van der Waals surface area contributed by atoms with E-state index in [1.165, 1.54) is 35.3 Å². The van der Waals surface area contributed by atoms with Crippen molar-refractivity contribution >= 4 is 5.69 Å². The lowest BCUT2D eigenvalue weighted by molar-refractivity contribution is 0.731. The highest BCUT2D eigenvalue weighted by Crippen LogP contribution is 2.41. The first-order chi connectivity index (χ1) is 9.16. The van der Waals surface area contributed by atoms with Crippen molar-refractivity contribution in [3.63, 3.8) is 0 Å². The first-order valence-electron chi connectivity index (χ1n) is 6.98. The molecule has 1 aliphatic rings. The maximum atomic E-state index is 4.45. The summed E-state index contributed by atoms with van der Waals surface area (Å²) in [6.07, 6.45) is 2.70. The SMILES string of the molecule is Cc1nn(C)c(C)c1NCc1ccccc1C1CC1. The van der Waals surface area contributed by atoms with Gasteiger partial charge in [-0.25, -0.2) is 0 Å². The van der Waals surface area contributed by atoms with Crippen LogP contribution in [0, 0.1) is 13.8 Å². The van der Waals surface area contributed by atoms with Crippen molar-refractivity contribution in [2.75, 3.05) is 5.32 Å². The molecule has 1 aliphatic carbocycles. The van der Waals surface area contributed by atoms with Crippen molar-refractivity contribution in [3.05, 3.63) is 46.8 Å². The fourth-order valence-electron chi connectivity index (χ4n) is 2.70. The summed E-state index contributed by atoms with van der Waals surface area (Å²) in [6, 6.07) is 8.79. The van der Waals surface area contributed by atoms with Crippen LogP contribution in [0.15, 0.2) is 24.3 Å². The molecule has 0 bridgehead atoms. The van der Waals surface area contributed by atoms with Crippen LogP contribution in [0.4, 0.5) is 5.69 Å². The number of aryl methyl sites for hydroxylation is 2. The summed E-state index contributed by atoms with van der Waals surface area (Å²) >= 11 is 0. The molecule has 0 spiro atoms. The highest BCUT2D eigenvalue weighted by Gasteiger charge is 2.25. The van der Waals surface area contributed by atoms with E-state index in [9.17, 15) is 0 Å². The average Bonchev–Trinajstić information content (AvgIpc) is 3.19.